The Bertz CT molecular complexity index is 953. The van der Waals surface area contributed by atoms with E-state index in [4.69, 9.17) is 0 Å². The van der Waals surface area contributed by atoms with Crippen molar-refractivity contribution >= 4 is 11.7 Å². The first-order valence-corrected chi connectivity index (χ1v) is 9.79. The first-order valence-electron chi connectivity index (χ1n) is 9.79. The Morgan fingerprint density at radius 3 is 2.69 bits per heavy atom. The summed E-state index contributed by atoms with van der Waals surface area (Å²) in [6, 6.07) is 8.50. The topological polar surface area (TPSA) is 75.9 Å². The summed E-state index contributed by atoms with van der Waals surface area (Å²) in [5, 5.41) is 7.13. The van der Waals surface area contributed by atoms with E-state index in [1.165, 1.54) is 6.07 Å². The van der Waals surface area contributed by atoms with Crippen LogP contribution in [-0.2, 0) is 11.2 Å². The van der Waals surface area contributed by atoms with Crippen LogP contribution in [0.2, 0.25) is 0 Å². The van der Waals surface area contributed by atoms with E-state index in [-0.39, 0.29) is 17.6 Å². The molecule has 2 aromatic heterocycles. The molecule has 1 fully saturated rings. The van der Waals surface area contributed by atoms with Gasteiger partial charge in [0.25, 0.3) is 0 Å². The fraction of sp³-hybridized carbons (Fsp3) is 0.333. The standard InChI is InChI=1S/C21H23FN6O/c22-18-5-2-1-4-16(18)6-10-24-21(29)17-7-12-27(13-8-17)19-14-23-15-20(26-19)28-11-3-9-25-28/h1-5,9,11,14-15,17H,6-8,10,12-13H2,(H,24,29). The molecule has 29 heavy (non-hydrogen) atoms. The monoisotopic (exact) mass is 394 g/mol. The van der Waals surface area contributed by atoms with Crippen molar-refractivity contribution in [1.29, 1.82) is 0 Å². The van der Waals surface area contributed by atoms with Crippen LogP contribution in [0.1, 0.15) is 18.4 Å². The van der Waals surface area contributed by atoms with Gasteiger partial charge in [0.1, 0.15) is 11.6 Å². The van der Waals surface area contributed by atoms with Crippen molar-refractivity contribution in [2.24, 2.45) is 5.92 Å². The van der Waals surface area contributed by atoms with Gasteiger partial charge in [0.15, 0.2) is 5.82 Å². The van der Waals surface area contributed by atoms with Crippen molar-refractivity contribution in [3.05, 3.63) is 66.5 Å². The Hall–Kier alpha value is -3.29. The summed E-state index contributed by atoms with van der Waals surface area (Å²) >= 11 is 0. The average Bonchev–Trinajstić information content (AvgIpc) is 3.30. The van der Waals surface area contributed by atoms with Crippen LogP contribution in [0.15, 0.2) is 55.1 Å². The van der Waals surface area contributed by atoms with Gasteiger partial charge in [-0.15, -0.1) is 0 Å². The first kappa shape index (κ1) is 19.0. The molecule has 0 spiro atoms. The maximum absolute atomic E-state index is 13.7. The van der Waals surface area contributed by atoms with E-state index in [1.807, 2.05) is 12.3 Å². The molecule has 1 N–H and O–H groups in total. The summed E-state index contributed by atoms with van der Waals surface area (Å²) in [7, 11) is 0. The second-order valence-corrected chi connectivity index (χ2v) is 7.08. The number of aromatic nitrogens is 4. The molecule has 0 bridgehead atoms. The fourth-order valence-corrected chi connectivity index (χ4v) is 3.55. The largest absolute Gasteiger partial charge is 0.356 e. The minimum Gasteiger partial charge on any atom is -0.356 e. The third-order valence-corrected chi connectivity index (χ3v) is 5.19. The molecule has 1 aliphatic heterocycles. The Kier molecular flexibility index (Phi) is 5.79. The third kappa shape index (κ3) is 4.59. The number of carbonyl (C=O) groups excluding carboxylic acids is 1. The molecule has 7 nitrogen and oxygen atoms in total. The lowest BCUT2D eigenvalue weighted by Gasteiger charge is -2.32. The van der Waals surface area contributed by atoms with Gasteiger partial charge in [0, 0.05) is 37.9 Å². The molecule has 0 radical (unpaired) electrons. The molecular formula is C21H23FN6O. The van der Waals surface area contributed by atoms with E-state index < -0.39 is 0 Å². The molecule has 1 aliphatic rings. The number of anilines is 1. The minimum absolute atomic E-state index is 0.0332. The highest BCUT2D eigenvalue weighted by molar-refractivity contribution is 5.79. The van der Waals surface area contributed by atoms with E-state index in [0.717, 1.165) is 31.7 Å². The molecule has 0 unspecified atom stereocenters. The maximum atomic E-state index is 13.7. The smallest absolute Gasteiger partial charge is 0.223 e. The van der Waals surface area contributed by atoms with Crippen LogP contribution in [0, 0.1) is 11.7 Å². The molecule has 3 heterocycles. The molecule has 8 heteroatoms. The maximum Gasteiger partial charge on any atom is 0.223 e. The van der Waals surface area contributed by atoms with Crippen LogP contribution in [-0.4, -0.2) is 45.3 Å². The number of nitrogens with one attached hydrogen (secondary N) is 1. The molecule has 1 amide bonds. The molecule has 150 valence electrons. The van der Waals surface area contributed by atoms with Crippen molar-refractivity contribution in [3.63, 3.8) is 0 Å². The lowest BCUT2D eigenvalue weighted by Crippen LogP contribution is -2.41. The molecule has 0 saturated carbocycles. The molecule has 4 rings (SSSR count). The zero-order valence-electron chi connectivity index (χ0n) is 16.0. The second-order valence-electron chi connectivity index (χ2n) is 7.08. The number of amides is 1. The highest BCUT2D eigenvalue weighted by Gasteiger charge is 2.25. The number of carbonyl (C=O) groups is 1. The zero-order valence-corrected chi connectivity index (χ0v) is 16.0. The van der Waals surface area contributed by atoms with E-state index in [2.05, 4.69) is 25.3 Å². The summed E-state index contributed by atoms with van der Waals surface area (Å²) in [5.74, 6) is 1.23. The van der Waals surface area contributed by atoms with Gasteiger partial charge in [0.2, 0.25) is 5.91 Å². The number of halogens is 1. The average molecular weight is 394 g/mol. The van der Waals surface area contributed by atoms with Crippen molar-refractivity contribution < 1.29 is 9.18 Å². The second kappa shape index (κ2) is 8.81. The van der Waals surface area contributed by atoms with Crippen molar-refractivity contribution in [3.8, 4) is 5.82 Å². The summed E-state index contributed by atoms with van der Waals surface area (Å²) in [4.78, 5) is 23.5. The Morgan fingerprint density at radius 2 is 1.93 bits per heavy atom. The van der Waals surface area contributed by atoms with Crippen LogP contribution in [0.5, 0.6) is 0 Å². The van der Waals surface area contributed by atoms with Gasteiger partial charge >= 0.3 is 0 Å². The number of rotatable bonds is 6. The van der Waals surface area contributed by atoms with Crippen molar-refractivity contribution in [2.75, 3.05) is 24.5 Å². The molecule has 3 aromatic rings. The normalized spacial score (nSPS) is 14.7. The summed E-state index contributed by atoms with van der Waals surface area (Å²) in [6.45, 7) is 1.92. The predicted octanol–water partition coefficient (Wildman–Crippen LogP) is 2.38. The Balaban J connectivity index is 1.27. The third-order valence-electron chi connectivity index (χ3n) is 5.19. The van der Waals surface area contributed by atoms with Crippen molar-refractivity contribution in [2.45, 2.75) is 19.3 Å². The van der Waals surface area contributed by atoms with Gasteiger partial charge in [-0.3, -0.25) is 9.78 Å². The summed E-state index contributed by atoms with van der Waals surface area (Å²) in [5.41, 5.74) is 0.623. The molecule has 0 aliphatic carbocycles. The highest BCUT2D eigenvalue weighted by atomic mass is 19.1. The van der Waals surface area contributed by atoms with Crippen LogP contribution < -0.4 is 10.2 Å². The zero-order chi connectivity index (χ0) is 20.1. The number of hydrogen-bond donors (Lipinski definition) is 1. The lowest BCUT2D eigenvalue weighted by molar-refractivity contribution is -0.125. The van der Waals surface area contributed by atoms with E-state index >= 15 is 0 Å². The Labute approximate surface area is 168 Å². The van der Waals surface area contributed by atoms with Gasteiger partial charge in [-0.05, 0) is 37.0 Å². The Morgan fingerprint density at radius 1 is 1.14 bits per heavy atom. The van der Waals surface area contributed by atoms with Gasteiger partial charge < -0.3 is 10.2 Å². The SMILES string of the molecule is O=C(NCCc1ccccc1F)C1CCN(c2cncc(-n3cccn3)n2)CC1. The van der Waals surface area contributed by atoms with Crippen LogP contribution in [0.4, 0.5) is 10.2 Å². The number of hydrogen-bond acceptors (Lipinski definition) is 5. The van der Waals surface area contributed by atoms with E-state index in [0.29, 0.717) is 24.3 Å². The first-order chi connectivity index (χ1) is 14.2. The number of nitrogens with zero attached hydrogens (tertiary/aromatic N) is 5. The predicted molar refractivity (Wildman–Crippen MR) is 107 cm³/mol. The van der Waals surface area contributed by atoms with Crippen molar-refractivity contribution in [1.82, 2.24) is 25.1 Å². The number of piperidine rings is 1. The minimum atomic E-state index is -0.228. The van der Waals surface area contributed by atoms with Crippen LogP contribution >= 0.6 is 0 Å². The molecule has 0 atom stereocenters. The number of benzene rings is 1. The molecule has 1 saturated heterocycles. The van der Waals surface area contributed by atoms with Gasteiger partial charge in [-0.1, -0.05) is 18.2 Å². The summed E-state index contributed by atoms with van der Waals surface area (Å²) in [6.07, 6.45) is 8.93. The van der Waals surface area contributed by atoms with E-state index in [1.54, 1.807) is 41.5 Å². The highest BCUT2D eigenvalue weighted by Crippen LogP contribution is 2.22. The van der Waals surface area contributed by atoms with Gasteiger partial charge in [-0.2, -0.15) is 5.10 Å². The quantitative estimate of drug-likeness (QED) is 0.695. The fourth-order valence-electron chi connectivity index (χ4n) is 3.55. The van der Waals surface area contributed by atoms with Gasteiger partial charge in [0.05, 0.1) is 12.4 Å². The van der Waals surface area contributed by atoms with Crippen LogP contribution in [0.25, 0.3) is 5.82 Å². The van der Waals surface area contributed by atoms with Crippen LogP contribution in [0.3, 0.4) is 0 Å². The van der Waals surface area contributed by atoms with Gasteiger partial charge in [-0.25, -0.2) is 14.1 Å². The molecule has 1 aromatic carbocycles. The lowest BCUT2D eigenvalue weighted by atomic mass is 9.96. The molecular weight excluding hydrogens is 371 g/mol. The van der Waals surface area contributed by atoms with E-state index in [9.17, 15) is 9.18 Å². The summed E-state index contributed by atoms with van der Waals surface area (Å²) < 4.78 is 15.3.